The molecule has 0 spiro atoms. The maximum absolute atomic E-state index is 13.5. The molecule has 9 heteroatoms. The van der Waals surface area contributed by atoms with Crippen molar-refractivity contribution in [2.24, 2.45) is 0 Å². The molecule has 3 aromatic rings. The van der Waals surface area contributed by atoms with E-state index >= 15 is 0 Å². The van der Waals surface area contributed by atoms with Crippen LogP contribution in [0.4, 0.5) is 5.69 Å². The van der Waals surface area contributed by atoms with Gasteiger partial charge in [0.05, 0.1) is 52.2 Å². The van der Waals surface area contributed by atoms with Crippen LogP contribution in [0.2, 0.25) is 0 Å². The van der Waals surface area contributed by atoms with Crippen LogP contribution in [0, 0.1) is 0 Å². The number of hydrogen-bond donors (Lipinski definition) is 1. The van der Waals surface area contributed by atoms with Gasteiger partial charge in [-0.3, -0.25) is 14.5 Å². The van der Waals surface area contributed by atoms with Crippen LogP contribution < -0.4 is 28.6 Å². The third-order valence-electron chi connectivity index (χ3n) is 6.26. The third kappa shape index (κ3) is 4.70. The van der Waals surface area contributed by atoms with Gasteiger partial charge in [-0.15, -0.1) is 0 Å². The number of carbonyl (C=O) groups is 2. The van der Waals surface area contributed by atoms with Gasteiger partial charge in [0.2, 0.25) is 0 Å². The zero-order valence-corrected chi connectivity index (χ0v) is 21.8. The summed E-state index contributed by atoms with van der Waals surface area (Å²) in [5, 5.41) is 11.5. The Labute approximate surface area is 220 Å². The molecule has 1 saturated heterocycles. The van der Waals surface area contributed by atoms with Crippen molar-refractivity contribution in [2.75, 3.05) is 39.9 Å². The van der Waals surface area contributed by atoms with Crippen molar-refractivity contribution < 1.29 is 38.4 Å². The van der Waals surface area contributed by atoms with E-state index in [1.165, 1.54) is 33.3 Å². The number of methoxy groups -OCH3 is 4. The van der Waals surface area contributed by atoms with Crippen LogP contribution in [0.25, 0.3) is 5.76 Å². The molecule has 0 aromatic heterocycles. The number of ketones is 1. The molecule has 0 aliphatic carbocycles. The van der Waals surface area contributed by atoms with Gasteiger partial charge in [0.25, 0.3) is 11.7 Å². The first-order chi connectivity index (χ1) is 18.4. The van der Waals surface area contributed by atoms with E-state index in [-0.39, 0.29) is 11.1 Å². The van der Waals surface area contributed by atoms with Crippen LogP contribution in [-0.2, 0) is 9.59 Å². The molecule has 1 atom stereocenters. The molecule has 1 unspecified atom stereocenters. The van der Waals surface area contributed by atoms with Gasteiger partial charge >= 0.3 is 0 Å². The highest BCUT2D eigenvalue weighted by Crippen LogP contribution is 2.45. The van der Waals surface area contributed by atoms with Crippen molar-refractivity contribution in [3.05, 3.63) is 77.4 Å². The Balaban J connectivity index is 1.97. The van der Waals surface area contributed by atoms with Crippen molar-refractivity contribution in [1.29, 1.82) is 0 Å². The van der Waals surface area contributed by atoms with Gasteiger partial charge in [0.15, 0.2) is 11.5 Å². The first-order valence-electron chi connectivity index (χ1n) is 11.9. The van der Waals surface area contributed by atoms with E-state index in [0.29, 0.717) is 46.6 Å². The molecular weight excluding hydrogens is 490 g/mol. The number of anilines is 1. The molecule has 4 rings (SSSR count). The zero-order chi connectivity index (χ0) is 27.4. The van der Waals surface area contributed by atoms with E-state index in [9.17, 15) is 14.7 Å². The van der Waals surface area contributed by atoms with Gasteiger partial charge in [0.1, 0.15) is 23.0 Å². The number of Topliss-reactive ketones (excluding diaryl/α,β-unsaturated/α-hetero) is 1. The minimum atomic E-state index is -0.983. The molecule has 3 aromatic carbocycles. The summed E-state index contributed by atoms with van der Waals surface area (Å²) in [6, 6.07) is 15.7. The second kappa shape index (κ2) is 11.2. The fourth-order valence-electron chi connectivity index (χ4n) is 4.45. The predicted octanol–water partition coefficient (Wildman–Crippen LogP) is 4.75. The number of rotatable bonds is 9. The molecule has 0 radical (unpaired) electrons. The molecule has 198 valence electrons. The highest BCUT2D eigenvalue weighted by Gasteiger charge is 2.47. The lowest BCUT2D eigenvalue weighted by Crippen LogP contribution is -2.29. The number of aliphatic hydroxyl groups is 1. The van der Waals surface area contributed by atoms with E-state index < -0.39 is 23.5 Å². The number of carbonyl (C=O) groups excluding carboxylic acids is 2. The summed E-state index contributed by atoms with van der Waals surface area (Å²) in [6.45, 7) is 2.36. The Kier molecular flexibility index (Phi) is 7.76. The minimum Gasteiger partial charge on any atom is -0.507 e. The Morgan fingerprint density at radius 1 is 0.789 bits per heavy atom. The minimum absolute atomic E-state index is 0.109. The van der Waals surface area contributed by atoms with E-state index in [1.807, 2.05) is 6.92 Å². The normalized spacial score (nSPS) is 16.3. The molecule has 38 heavy (non-hydrogen) atoms. The van der Waals surface area contributed by atoms with Crippen molar-refractivity contribution in [2.45, 2.75) is 13.0 Å². The van der Waals surface area contributed by atoms with Crippen LogP contribution in [-0.4, -0.2) is 51.8 Å². The number of nitrogens with zero attached hydrogens (tertiary/aromatic N) is 1. The molecule has 1 fully saturated rings. The van der Waals surface area contributed by atoms with E-state index in [2.05, 4.69) is 0 Å². The molecular formula is C29H29NO8. The van der Waals surface area contributed by atoms with Crippen molar-refractivity contribution in [3.63, 3.8) is 0 Å². The van der Waals surface area contributed by atoms with Crippen LogP contribution in [0.5, 0.6) is 28.7 Å². The van der Waals surface area contributed by atoms with Gasteiger partial charge in [-0.25, -0.2) is 0 Å². The lowest BCUT2D eigenvalue weighted by molar-refractivity contribution is -0.132. The number of hydrogen-bond acceptors (Lipinski definition) is 8. The average Bonchev–Trinajstić information content (AvgIpc) is 3.22. The average molecular weight is 520 g/mol. The second-order valence-electron chi connectivity index (χ2n) is 8.28. The van der Waals surface area contributed by atoms with Crippen LogP contribution in [0.15, 0.2) is 66.2 Å². The Morgan fingerprint density at radius 2 is 1.42 bits per heavy atom. The molecule has 1 aliphatic rings. The van der Waals surface area contributed by atoms with Crippen LogP contribution in [0.3, 0.4) is 0 Å². The number of amides is 1. The topological polar surface area (TPSA) is 104 Å². The smallest absolute Gasteiger partial charge is 0.300 e. The van der Waals surface area contributed by atoms with E-state index in [4.69, 9.17) is 23.7 Å². The largest absolute Gasteiger partial charge is 0.507 e. The summed E-state index contributed by atoms with van der Waals surface area (Å²) >= 11 is 0. The molecule has 1 heterocycles. The maximum Gasteiger partial charge on any atom is 0.300 e. The molecule has 1 N–H and O–H groups in total. The summed E-state index contributed by atoms with van der Waals surface area (Å²) in [6.07, 6.45) is 0. The lowest BCUT2D eigenvalue weighted by Gasteiger charge is -2.26. The molecule has 0 saturated carbocycles. The lowest BCUT2D eigenvalue weighted by atomic mass is 9.94. The van der Waals surface area contributed by atoms with Gasteiger partial charge in [-0.1, -0.05) is 6.07 Å². The Morgan fingerprint density at radius 3 is 2.03 bits per heavy atom. The number of ether oxygens (including phenoxy) is 5. The van der Waals surface area contributed by atoms with Crippen molar-refractivity contribution in [3.8, 4) is 28.7 Å². The van der Waals surface area contributed by atoms with Gasteiger partial charge in [-0.05, 0) is 67.1 Å². The zero-order valence-electron chi connectivity index (χ0n) is 21.8. The van der Waals surface area contributed by atoms with Gasteiger partial charge < -0.3 is 28.8 Å². The van der Waals surface area contributed by atoms with Crippen LogP contribution >= 0.6 is 0 Å². The fraction of sp³-hybridized carbons (Fsp3) is 0.241. The summed E-state index contributed by atoms with van der Waals surface area (Å²) in [5.74, 6) is 0.213. The first kappa shape index (κ1) is 26.4. The van der Waals surface area contributed by atoms with Gasteiger partial charge in [0, 0.05) is 5.69 Å². The Bertz CT molecular complexity index is 1380. The quantitative estimate of drug-likeness (QED) is 0.246. The van der Waals surface area contributed by atoms with E-state index in [0.717, 1.165) is 0 Å². The van der Waals surface area contributed by atoms with Crippen molar-refractivity contribution >= 4 is 23.1 Å². The SMILES string of the molecule is CCOc1ccc(N2C(=O)C(=O)/C(=C(/O)c3cc(OC)ccc3OC)C2c2ccc(OC)c(OC)c2)cc1. The third-order valence-corrected chi connectivity index (χ3v) is 6.26. The molecule has 1 amide bonds. The summed E-state index contributed by atoms with van der Waals surface area (Å²) in [7, 11) is 5.94. The standard InChI is InChI=1S/C29H29NO8/c1-6-38-19-10-8-18(9-11-19)30-26(17-7-13-23(36-4)24(15-17)37-5)25(28(32)29(30)33)27(31)21-16-20(34-2)12-14-22(21)35-3/h7-16,26,31H,6H2,1-5H3/b27-25+. The Hall–Kier alpha value is -4.66. The summed E-state index contributed by atoms with van der Waals surface area (Å²) in [5.41, 5.74) is 1.08. The maximum atomic E-state index is 13.5. The molecule has 0 bridgehead atoms. The summed E-state index contributed by atoms with van der Waals surface area (Å²) in [4.78, 5) is 28.4. The molecule has 1 aliphatic heterocycles. The molecule has 9 nitrogen and oxygen atoms in total. The number of aliphatic hydroxyl groups excluding tert-OH is 1. The summed E-state index contributed by atoms with van der Waals surface area (Å²) < 4.78 is 27.1. The van der Waals surface area contributed by atoms with Gasteiger partial charge in [-0.2, -0.15) is 0 Å². The number of benzene rings is 3. The monoisotopic (exact) mass is 519 g/mol. The predicted molar refractivity (Wildman–Crippen MR) is 141 cm³/mol. The fourth-order valence-corrected chi connectivity index (χ4v) is 4.45. The first-order valence-corrected chi connectivity index (χ1v) is 11.9. The van der Waals surface area contributed by atoms with E-state index in [1.54, 1.807) is 60.7 Å². The highest BCUT2D eigenvalue weighted by molar-refractivity contribution is 6.51. The second-order valence-corrected chi connectivity index (χ2v) is 8.28. The van der Waals surface area contributed by atoms with Crippen molar-refractivity contribution in [1.82, 2.24) is 0 Å². The highest BCUT2D eigenvalue weighted by atomic mass is 16.5. The van der Waals surface area contributed by atoms with Crippen LogP contribution in [0.1, 0.15) is 24.1 Å².